The summed E-state index contributed by atoms with van der Waals surface area (Å²) in [5.41, 5.74) is 0. The van der Waals surface area contributed by atoms with Crippen LogP contribution in [0.15, 0.2) is 30.3 Å². The van der Waals surface area contributed by atoms with Crippen molar-refractivity contribution in [3.05, 3.63) is 30.3 Å². The van der Waals surface area contributed by atoms with Crippen LogP contribution in [-0.2, 0) is 0 Å². The molecule has 0 spiro atoms. The highest BCUT2D eigenvalue weighted by Crippen LogP contribution is 2.11. The fourth-order valence-corrected chi connectivity index (χ4v) is 1.03. The summed E-state index contributed by atoms with van der Waals surface area (Å²) < 4.78 is 5.49. The van der Waals surface area contributed by atoms with Gasteiger partial charge in [-0.2, -0.15) is 0 Å². The summed E-state index contributed by atoms with van der Waals surface area (Å²) >= 11 is 0. The van der Waals surface area contributed by atoms with Gasteiger partial charge in [0.05, 0.1) is 6.61 Å². The first-order valence-electron chi connectivity index (χ1n) is 4.65. The molecule has 1 aromatic carbocycles. The number of hydrogen-bond acceptors (Lipinski definition) is 2. The first-order chi connectivity index (χ1) is 6.36. The van der Waals surface area contributed by atoms with Crippen molar-refractivity contribution in [3.63, 3.8) is 0 Å². The van der Waals surface area contributed by atoms with Crippen molar-refractivity contribution in [1.82, 2.24) is 0 Å². The molecule has 1 atom stereocenters. The zero-order valence-electron chi connectivity index (χ0n) is 7.94. The first kappa shape index (κ1) is 10.1. The Morgan fingerprint density at radius 3 is 2.54 bits per heavy atom. The lowest BCUT2D eigenvalue weighted by Crippen LogP contribution is -2.14. The molecule has 0 bridgehead atoms. The Bertz CT molecular complexity index is 217. The van der Waals surface area contributed by atoms with E-state index in [-0.39, 0.29) is 12.5 Å². The lowest BCUT2D eigenvalue weighted by atomic mass is 10.1. The molecular weight excluding hydrogens is 164 g/mol. The van der Waals surface area contributed by atoms with Gasteiger partial charge in [-0.3, -0.25) is 0 Å². The van der Waals surface area contributed by atoms with E-state index >= 15 is 0 Å². The van der Waals surface area contributed by atoms with Gasteiger partial charge >= 0.3 is 0 Å². The van der Waals surface area contributed by atoms with Crippen LogP contribution in [-0.4, -0.2) is 18.3 Å². The highest BCUT2D eigenvalue weighted by molar-refractivity contribution is 5.20. The second-order valence-electron chi connectivity index (χ2n) is 3.08. The summed E-state index contributed by atoms with van der Waals surface area (Å²) in [5.74, 6) is 1.12. The topological polar surface area (TPSA) is 29.5 Å². The molecular formula is C11H16O2. The molecule has 0 amide bonds. The number of para-hydroxylation sites is 1. The zero-order valence-corrected chi connectivity index (χ0v) is 7.94. The summed E-state index contributed by atoms with van der Waals surface area (Å²) in [7, 11) is 0. The zero-order chi connectivity index (χ0) is 9.52. The minimum absolute atomic E-state index is 0.198. The van der Waals surface area contributed by atoms with Gasteiger partial charge in [-0.15, -0.1) is 0 Å². The van der Waals surface area contributed by atoms with Gasteiger partial charge in [0.25, 0.3) is 0 Å². The summed E-state index contributed by atoms with van der Waals surface area (Å²) in [6.45, 7) is 2.84. The minimum Gasteiger partial charge on any atom is -0.493 e. The van der Waals surface area contributed by atoms with Gasteiger partial charge in [0.15, 0.2) is 0 Å². The minimum atomic E-state index is 0.198. The molecule has 0 saturated heterocycles. The standard InChI is InChI=1S/C11H16O2/c1-2-10(8-12)9-13-11-6-4-3-5-7-11/h3-7,10,12H,2,8-9H2,1H3. The monoisotopic (exact) mass is 180 g/mol. The second kappa shape index (κ2) is 5.60. The molecule has 1 rings (SSSR count). The summed E-state index contributed by atoms with van der Waals surface area (Å²) in [6.07, 6.45) is 0.948. The number of ether oxygens (including phenoxy) is 1. The van der Waals surface area contributed by atoms with Gasteiger partial charge in [-0.1, -0.05) is 25.1 Å². The van der Waals surface area contributed by atoms with E-state index in [2.05, 4.69) is 6.92 Å². The predicted molar refractivity (Wildman–Crippen MR) is 52.8 cm³/mol. The normalized spacial score (nSPS) is 12.5. The smallest absolute Gasteiger partial charge is 0.119 e. The maximum Gasteiger partial charge on any atom is 0.119 e. The molecule has 0 aliphatic heterocycles. The number of aliphatic hydroxyl groups excluding tert-OH is 1. The van der Waals surface area contributed by atoms with E-state index < -0.39 is 0 Å². The lowest BCUT2D eigenvalue weighted by molar-refractivity contribution is 0.160. The highest BCUT2D eigenvalue weighted by atomic mass is 16.5. The van der Waals surface area contributed by atoms with Crippen LogP contribution in [0.25, 0.3) is 0 Å². The highest BCUT2D eigenvalue weighted by Gasteiger charge is 2.04. The molecule has 2 heteroatoms. The van der Waals surface area contributed by atoms with Gasteiger partial charge in [-0.25, -0.2) is 0 Å². The van der Waals surface area contributed by atoms with Crippen LogP contribution in [0.1, 0.15) is 13.3 Å². The Balaban J connectivity index is 2.34. The maximum absolute atomic E-state index is 8.92. The maximum atomic E-state index is 8.92. The molecule has 1 N–H and O–H groups in total. The molecule has 0 radical (unpaired) electrons. The number of hydrogen-bond donors (Lipinski definition) is 1. The molecule has 1 aromatic rings. The van der Waals surface area contributed by atoms with E-state index in [0.717, 1.165) is 12.2 Å². The molecule has 0 fully saturated rings. The molecule has 0 aliphatic carbocycles. The second-order valence-corrected chi connectivity index (χ2v) is 3.08. The molecule has 72 valence electrons. The largest absolute Gasteiger partial charge is 0.493 e. The van der Waals surface area contributed by atoms with Crippen LogP contribution < -0.4 is 4.74 Å². The van der Waals surface area contributed by atoms with E-state index in [4.69, 9.17) is 9.84 Å². The lowest BCUT2D eigenvalue weighted by Gasteiger charge is -2.12. The molecule has 0 aliphatic rings. The molecule has 2 nitrogen and oxygen atoms in total. The third kappa shape index (κ3) is 3.47. The van der Waals surface area contributed by atoms with E-state index in [1.165, 1.54) is 0 Å². The van der Waals surface area contributed by atoms with Crippen molar-refractivity contribution in [2.24, 2.45) is 5.92 Å². The Kier molecular flexibility index (Phi) is 4.33. The van der Waals surface area contributed by atoms with E-state index in [9.17, 15) is 0 Å². The van der Waals surface area contributed by atoms with Crippen LogP contribution in [0.2, 0.25) is 0 Å². The van der Waals surface area contributed by atoms with E-state index in [1.807, 2.05) is 30.3 Å². The Hall–Kier alpha value is -1.02. The van der Waals surface area contributed by atoms with Gasteiger partial charge in [0.2, 0.25) is 0 Å². The fraction of sp³-hybridized carbons (Fsp3) is 0.455. The SMILES string of the molecule is CCC(CO)COc1ccccc1. The quantitative estimate of drug-likeness (QED) is 0.751. The Morgan fingerprint density at radius 2 is 2.00 bits per heavy atom. The van der Waals surface area contributed by atoms with Gasteiger partial charge in [0.1, 0.15) is 5.75 Å². The molecule has 1 unspecified atom stereocenters. The molecule has 13 heavy (non-hydrogen) atoms. The summed E-state index contributed by atoms with van der Waals surface area (Å²) in [6, 6.07) is 9.68. The first-order valence-corrected chi connectivity index (χ1v) is 4.65. The van der Waals surface area contributed by atoms with Crippen molar-refractivity contribution < 1.29 is 9.84 Å². The van der Waals surface area contributed by atoms with Gasteiger partial charge < -0.3 is 9.84 Å². The van der Waals surface area contributed by atoms with Crippen molar-refractivity contribution in [3.8, 4) is 5.75 Å². The predicted octanol–water partition coefficient (Wildman–Crippen LogP) is 2.08. The van der Waals surface area contributed by atoms with Crippen molar-refractivity contribution >= 4 is 0 Å². The average molecular weight is 180 g/mol. The summed E-state index contributed by atoms with van der Waals surface area (Å²) in [4.78, 5) is 0. The van der Waals surface area contributed by atoms with E-state index in [0.29, 0.717) is 6.61 Å². The third-order valence-corrected chi connectivity index (χ3v) is 2.06. The molecule has 0 aromatic heterocycles. The number of rotatable bonds is 5. The van der Waals surface area contributed by atoms with Crippen molar-refractivity contribution in [1.29, 1.82) is 0 Å². The van der Waals surface area contributed by atoms with Crippen LogP contribution in [0.4, 0.5) is 0 Å². The fourth-order valence-electron chi connectivity index (χ4n) is 1.03. The molecule has 0 saturated carbocycles. The van der Waals surface area contributed by atoms with Crippen LogP contribution >= 0.6 is 0 Å². The third-order valence-electron chi connectivity index (χ3n) is 2.06. The van der Waals surface area contributed by atoms with Crippen molar-refractivity contribution in [2.45, 2.75) is 13.3 Å². The van der Waals surface area contributed by atoms with Crippen LogP contribution in [0, 0.1) is 5.92 Å². The van der Waals surface area contributed by atoms with Crippen LogP contribution in [0.5, 0.6) is 5.75 Å². The Labute approximate surface area is 79.2 Å². The van der Waals surface area contributed by atoms with E-state index in [1.54, 1.807) is 0 Å². The van der Waals surface area contributed by atoms with Gasteiger partial charge in [0, 0.05) is 12.5 Å². The Morgan fingerprint density at radius 1 is 1.31 bits per heavy atom. The molecule has 0 heterocycles. The number of benzene rings is 1. The average Bonchev–Trinajstić information content (AvgIpc) is 2.21. The number of aliphatic hydroxyl groups is 1. The summed E-state index contributed by atoms with van der Waals surface area (Å²) in [5, 5.41) is 8.92. The van der Waals surface area contributed by atoms with Crippen molar-refractivity contribution in [2.75, 3.05) is 13.2 Å². The van der Waals surface area contributed by atoms with Gasteiger partial charge in [-0.05, 0) is 18.6 Å². The van der Waals surface area contributed by atoms with Crippen LogP contribution in [0.3, 0.4) is 0 Å².